The van der Waals surface area contributed by atoms with Crippen LogP contribution in [-0.2, 0) is 9.59 Å². The minimum absolute atomic E-state index is 0. The maximum absolute atomic E-state index is 13.6. The van der Waals surface area contributed by atoms with E-state index in [0.717, 1.165) is 52.5 Å². The molecule has 2 N–H and O–H groups in total. The maximum atomic E-state index is 13.6. The average molecular weight is 619 g/mol. The second-order valence-corrected chi connectivity index (χ2v) is 12.1. The summed E-state index contributed by atoms with van der Waals surface area (Å²) in [5.41, 5.74) is 9.53. The molecule has 5 rings (SSSR count). The summed E-state index contributed by atoms with van der Waals surface area (Å²) in [6, 6.07) is 7.18. The van der Waals surface area contributed by atoms with Crippen LogP contribution in [0.3, 0.4) is 0 Å². The molecule has 9 nitrogen and oxygen atoms in total. The van der Waals surface area contributed by atoms with E-state index in [1.165, 1.54) is 4.88 Å². The number of rotatable bonds is 8. The number of carbonyl (C=O) groups is 2. The number of aromatic nitrogens is 3. The Morgan fingerprint density at radius 3 is 2.29 bits per heavy atom. The minimum Gasteiger partial charge on any atom is -0.339 e. The van der Waals surface area contributed by atoms with Crippen LogP contribution in [0, 0.1) is 20.8 Å². The monoisotopic (exact) mass is 617 g/mol. The lowest BCUT2D eigenvalue weighted by Crippen LogP contribution is -2.50. The Bertz CT molecular complexity index is 1430. The first-order valence-corrected chi connectivity index (χ1v) is 15.1. The number of piperazine rings is 1. The zero-order chi connectivity index (χ0) is 28.4. The van der Waals surface area contributed by atoms with Gasteiger partial charge in [-0.25, -0.2) is 0 Å². The summed E-state index contributed by atoms with van der Waals surface area (Å²) < 4.78 is 2.06. The van der Waals surface area contributed by atoms with Gasteiger partial charge in [0, 0.05) is 53.6 Å². The van der Waals surface area contributed by atoms with Gasteiger partial charge in [-0.05, 0) is 57.9 Å². The third kappa shape index (κ3) is 6.51. The lowest BCUT2D eigenvalue weighted by molar-refractivity contribution is -0.139. The number of unbranched alkanes of at least 4 members (excludes halogenated alkanes) is 2. The lowest BCUT2D eigenvalue weighted by atomic mass is 9.99. The van der Waals surface area contributed by atoms with Gasteiger partial charge < -0.3 is 15.5 Å². The number of aliphatic imine (C=N–C) groups is 1. The molecule has 0 bridgehead atoms. The van der Waals surface area contributed by atoms with Crippen molar-refractivity contribution in [3.63, 3.8) is 0 Å². The smallest absolute Gasteiger partial charge is 0.225 e. The molecule has 0 radical (unpaired) electrons. The Morgan fingerprint density at radius 2 is 1.63 bits per heavy atom. The van der Waals surface area contributed by atoms with Gasteiger partial charge in [0.2, 0.25) is 11.8 Å². The fourth-order valence-corrected chi connectivity index (χ4v) is 6.73. The Labute approximate surface area is 256 Å². The second-order valence-electron chi connectivity index (χ2n) is 10.5. The highest BCUT2D eigenvalue weighted by Gasteiger charge is 2.34. The van der Waals surface area contributed by atoms with Crippen LogP contribution in [0.1, 0.15) is 71.4 Å². The van der Waals surface area contributed by atoms with Crippen LogP contribution in [0.2, 0.25) is 5.02 Å². The summed E-state index contributed by atoms with van der Waals surface area (Å²) in [6.45, 7) is 8.95. The molecule has 2 amide bonds. The predicted octanol–water partition coefficient (Wildman–Crippen LogP) is 4.80. The molecule has 0 saturated carbocycles. The van der Waals surface area contributed by atoms with E-state index in [1.54, 1.807) is 11.3 Å². The van der Waals surface area contributed by atoms with Crippen LogP contribution in [0.4, 0.5) is 0 Å². The highest BCUT2D eigenvalue weighted by atomic mass is 35.5. The molecule has 3 aromatic rings. The molecule has 2 aromatic heterocycles. The van der Waals surface area contributed by atoms with Crippen molar-refractivity contribution in [3.05, 3.63) is 62.5 Å². The van der Waals surface area contributed by atoms with Gasteiger partial charge in [0.25, 0.3) is 0 Å². The van der Waals surface area contributed by atoms with Crippen LogP contribution >= 0.6 is 35.3 Å². The number of hydrogen-bond donors (Lipinski definition) is 1. The van der Waals surface area contributed by atoms with E-state index in [-0.39, 0.29) is 30.6 Å². The molecule has 220 valence electrons. The Kier molecular flexibility index (Phi) is 10.2. The van der Waals surface area contributed by atoms with E-state index in [1.807, 2.05) is 41.0 Å². The molecule has 1 atom stereocenters. The van der Waals surface area contributed by atoms with Crippen LogP contribution in [0.15, 0.2) is 29.3 Å². The molecule has 2 aliphatic rings. The molecule has 2 aliphatic heterocycles. The number of aryl methyl sites for hydroxylation is 2. The van der Waals surface area contributed by atoms with E-state index in [4.69, 9.17) is 22.3 Å². The van der Waals surface area contributed by atoms with E-state index >= 15 is 0 Å². The normalized spacial score (nSPS) is 16.4. The van der Waals surface area contributed by atoms with Gasteiger partial charge in [0.1, 0.15) is 16.9 Å². The Morgan fingerprint density at radius 1 is 0.976 bits per heavy atom. The Balaban J connectivity index is 0.00000387. The van der Waals surface area contributed by atoms with Crippen molar-refractivity contribution in [2.45, 2.75) is 58.9 Å². The number of halogens is 2. The summed E-state index contributed by atoms with van der Waals surface area (Å²) in [7, 11) is 0. The minimum atomic E-state index is -0.499. The zero-order valence-electron chi connectivity index (χ0n) is 23.7. The van der Waals surface area contributed by atoms with E-state index in [0.29, 0.717) is 50.0 Å². The molecule has 4 heterocycles. The van der Waals surface area contributed by atoms with Gasteiger partial charge in [-0.15, -0.1) is 33.9 Å². The summed E-state index contributed by atoms with van der Waals surface area (Å²) in [5, 5.41) is 10.6. The van der Waals surface area contributed by atoms with Crippen molar-refractivity contribution in [2.24, 2.45) is 10.7 Å². The summed E-state index contributed by atoms with van der Waals surface area (Å²) in [4.78, 5) is 36.3. The van der Waals surface area contributed by atoms with Gasteiger partial charge in [0.05, 0.1) is 12.1 Å². The molecule has 12 heteroatoms. The number of carbonyl (C=O) groups excluding carboxylic acids is 2. The number of nitrogens with zero attached hydrogens (tertiary/aromatic N) is 6. The molecule has 1 aromatic carbocycles. The quantitative estimate of drug-likeness (QED) is 0.365. The van der Waals surface area contributed by atoms with Crippen molar-refractivity contribution < 1.29 is 9.59 Å². The largest absolute Gasteiger partial charge is 0.339 e. The average Bonchev–Trinajstić information content (AvgIpc) is 3.43. The van der Waals surface area contributed by atoms with Crippen molar-refractivity contribution in [1.29, 1.82) is 0 Å². The van der Waals surface area contributed by atoms with Crippen molar-refractivity contribution in [1.82, 2.24) is 24.6 Å². The number of benzene rings is 1. The number of amides is 2. The molecule has 1 saturated heterocycles. The number of fused-ring (bicyclic) bond motifs is 3. The number of hydrogen-bond acceptors (Lipinski definition) is 7. The Hall–Kier alpha value is -2.79. The first-order valence-electron chi connectivity index (χ1n) is 13.9. The van der Waals surface area contributed by atoms with E-state index < -0.39 is 6.04 Å². The molecule has 0 aliphatic carbocycles. The molecular weight excluding hydrogens is 581 g/mol. The van der Waals surface area contributed by atoms with Crippen LogP contribution < -0.4 is 5.73 Å². The first-order chi connectivity index (χ1) is 19.3. The zero-order valence-corrected chi connectivity index (χ0v) is 26.1. The standard InChI is InChI=1S/C29H36ClN7O2S.ClH/c1-18-19(2)40-29-26(18)27(21-8-10-22(30)11-9-21)32-23(28-34-33-20(3)37(28)29)17-25(39)36-15-13-35(14-16-36)24(38)7-5-4-6-12-31;/h8-11,23H,4-7,12-17,31H2,1-3H3;1H/t23-;/m0./s1. The fourth-order valence-electron chi connectivity index (χ4n) is 5.39. The van der Waals surface area contributed by atoms with Gasteiger partial charge in [-0.3, -0.25) is 19.1 Å². The topological polar surface area (TPSA) is 110 Å². The van der Waals surface area contributed by atoms with Crippen LogP contribution in [0.5, 0.6) is 0 Å². The maximum Gasteiger partial charge on any atom is 0.225 e. The van der Waals surface area contributed by atoms with E-state index in [2.05, 4.69) is 28.6 Å². The molecule has 1 fully saturated rings. The third-order valence-electron chi connectivity index (χ3n) is 7.80. The third-order valence-corrected chi connectivity index (χ3v) is 9.25. The van der Waals surface area contributed by atoms with Crippen molar-refractivity contribution >= 4 is 52.9 Å². The van der Waals surface area contributed by atoms with E-state index in [9.17, 15) is 9.59 Å². The van der Waals surface area contributed by atoms with Gasteiger partial charge in [-0.2, -0.15) is 0 Å². The van der Waals surface area contributed by atoms with Crippen LogP contribution in [0.25, 0.3) is 5.00 Å². The van der Waals surface area contributed by atoms with Crippen molar-refractivity contribution in [3.8, 4) is 5.00 Å². The van der Waals surface area contributed by atoms with Crippen LogP contribution in [-0.4, -0.2) is 74.8 Å². The summed E-state index contributed by atoms with van der Waals surface area (Å²) >= 11 is 7.90. The van der Waals surface area contributed by atoms with Gasteiger partial charge >= 0.3 is 0 Å². The second kappa shape index (κ2) is 13.5. The fraction of sp³-hybridized carbons (Fsp3) is 0.483. The highest BCUT2D eigenvalue weighted by molar-refractivity contribution is 7.15. The first kappa shape index (κ1) is 31.2. The summed E-state index contributed by atoms with van der Waals surface area (Å²) in [5.74, 6) is 1.60. The molecule has 0 unspecified atom stereocenters. The lowest BCUT2D eigenvalue weighted by Gasteiger charge is -2.35. The van der Waals surface area contributed by atoms with Crippen molar-refractivity contribution in [2.75, 3.05) is 32.7 Å². The number of nitrogens with two attached hydrogens (primary N) is 1. The summed E-state index contributed by atoms with van der Waals surface area (Å²) in [6.07, 6.45) is 3.48. The SMILES string of the molecule is Cc1sc2c(c1C)C(c1ccc(Cl)cc1)=N[C@@H](CC(=O)N1CCN(C(=O)CCCCCN)CC1)c1nnc(C)n1-2.Cl. The molecule has 0 spiro atoms. The molecular formula is C29H37Cl2N7O2S. The highest BCUT2D eigenvalue weighted by Crippen LogP contribution is 2.39. The molecule has 41 heavy (non-hydrogen) atoms. The van der Waals surface area contributed by atoms with Gasteiger partial charge in [-0.1, -0.05) is 30.2 Å². The van der Waals surface area contributed by atoms with Gasteiger partial charge in [0.15, 0.2) is 5.82 Å². The predicted molar refractivity (Wildman–Crippen MR) is 166 cm³/mol. The number of thiophene rings is 1.